The topological polar surface area (TPSA) is 27.7 Å². The molecule has 1 heterocycles. The van der Waals surface area contributed by atoms with E-state index in [4.69, 9.17) is 4.74 Å². The molecule has 1 atom stereocenters. The van der Waals surface area contributed by atoms with Crippen LogP contribution >= 0.6 is 0 Å². The van der Waals surface area contributed by atoms with Crippen molar-refractivity contribution in [2.75, 3.05) is 52.3 Å². The predicted molar refractivity (Wildman–Crippen MR) is 105 cm³/mol. The van der Waals surface area contributed by atoms with E-state index < -0.39 is 0 Å². The molecule has 4 nitrogen and oxygen atoms in total. The van der Waals surface area contributed by atoms with Gasteiger partial charge >= 0.3 is 0 Å². The number of ether oxygens (including phenoxy) is 1. The molecule has 0 bridgehead atoms. The molecule has 4 heteroatoms. The third-order valence-corrected chi connectivity index (χ3v) is 4.90. The SMILES string of the molecule is COc1ccc(C(c2ccc(N(C)C)cc2)N2CCCNCC2)cc1. The monoisotopic (exact) mass is 339 g/mol. The van der Waals surface area contributed by atoms with Gasteiger partial charge in [-0.05, 0) is 48.4 Å². The van der Waals surface area contributed by atoms with Gasteiger partial charge in [0.2, 0.25) is 0 Å². The second-order valence-corrected chi connectivity index (χ2v) is 6.80. The van der Waals surface area contributed by atoms with Crippen LogP contribution in [0.4, 0.5) is 5.69 Å². The van der Waals surface area contributed by atoms with Gasteiger partial charge in [-0.1, -0.05) is 24.3 Å². The molecule has 1 unspecified atom stereocenters. The second-order valence-electron chi connectivity index (χ2n) is 6.80. The molecular formula is C21H29N3O. The first kappa shape index (κ1) is 17.8. The van der Waals surface area contributed by atoms with Crippen molar-refractivity contribution < 1.29 is 4.74 Å². The zero-order valence-electron chi connectivity index (χ0n) is 15.5. The molecule has 1 aliphatic heterocycles. The maximum atomic E-state index is 5.33. The van der Waals surface area contributed by atoms with E-state index in [1.807, 2.05) is 0 Å². The first-order chi connectivity index (χ1) is 12.2. The number of benzene rings is 2. The maximum Gasteiger partial charge on any atom is 0.118 e. The summed E-state index contributed by atoms with van der Waals surface area (Å²) in [6.45, 7) is 4.32. The third kappa shape index (κ3) is 4.33. The highest BCUT2D eigenvalue weighted by Crippen LogP contribution is 2.31. The highest BCUT2D eigenvalue weighted by molar-refractivity contribution is 5.48. The first-order valence-corrected chi connectivity index (χ1v) is 9.05. The molecule has 0 amide bonds. The lowest BCUT2D eigenvalue weighted by Crippen LogP contribution is -2.33. The molecule has 1 aliphatic rings. The van der Waals surface area contributed by atoms with E-state index in [0.717, 1.165) is 31.9 Å². The van der Waals surface area contributed by atoms with E-state index in [0.29, 0.717) is 0 Å². The zero-order valence-corrected chi connectivity index (χ0v) is 15.5. The number of rotatable bonds is 5. The number of anilines is 1. The lowest BCUT2D eigenvalue weighted by molar-refractivity contribution is 0.241. The minimum Gasteiger partial charge on any atom is -0.497 e. The maximum absolute atomic E-state index is 5.33. The van der Waals surface area contributed by atoms with Crippen LogP contribution in [-0.4, -0.2) is 52.3 Å². The van der Waals surface area contributed by atoms with Crippen molar-refractivity contribution in [3.63, 3.8) is 0 Å². The summed E-state index contributed by atoms with van der Waals surface area (Å²) in [4.78, 5) is 4.73. The number of hydrogen-bond acceptors (Lipinski definition) is 4. The molecule has 1 N–H and O–H groups in total. The summed E-state index contributed by atoms with van der Waals surface area (Å²) in [5.41, 5.74) is 3.90. The molecule has 134 valence electrons. The lowest BCUT2D eigenvalue weighted by Gasteiger charge is -2.31. The van der Waals surface area contributed by atoms with Crippen molar-refractivity contribution >= 4 is 5.69 Å². The zero-order chi connectivity index (χ0) is 17.6. The minimum absolute atomic E-state index is 0.280. The van der Waals surface area contributed by atoms with Gasteiger partial charge in [-0.15, -0.1) is 0 Å². The number of nitrogens with zero attached hydrogens (tertiary/aromatic N) is 2. The van der Waals surface area contributed by atoms with Crippen LogP contribution in [0.3, 0.4) is 0 Å². The standard InChI is InChI=1S/C21H29N3O/c1-23(2)19-9-5-17(6-10-19)21(24-15-4-13-22-14-16-24)18-7-11-20(25-3)12-8-18/h5-12,21-22H,4,13-16H2,1-3H3. The fraction of sp³-hybridized carbons (Fsp3) is 0.429. The van der Waals surface area contributed by atoms with Gasteiger partial charge in [0.1, 0.15) is 5.75 Å². The number of nitrogens with one attached hydrogen (secondary N) is 1. The van der Waals surface area contributed by atoms with Crippen LogP contribution in [0.15, 0.2) is 48.5 Å². The molecule has 0 saturated carbocycles. The Morgan fingerprint density at radius 1 is 0.920 bits per heavy atom. The number of methoxy groups -OCH3 is 1. The van der Waals surface area contributed by atoms with Gasteiger partial charge in [0.15, 0.2) is 0 Å². The van der Waals surface area contributed by atoms with Crippen LogP contribution in [0.5, 0.6) is 5.75 Å². The fourth-order valence-corrected chi connectivity index (χ4v) is 3.48. The molecule has 2 aromatic carbocycles. The van der Waals surface area contributed by atoms with Crippen molar-refractivity contribution in [2.45, 2.75) is 12.5 Å². The molecule has 1 saturated heterocycles. The summed E-state index contributed by atoms with van der Waals surface area (Å²) in [6, 6.07) is 17.7. The van der Waals surface area contributed by atoms with Crippen LogP contribution in [0.2, 0.25) is 0 Å². The van der Waals surface area contributed by atoms with E-state index in [2.05, 4.69) is 77.7 Å². The summed E-state index contributed by atoms with van der Waals surface area (Å²) in [7, 11) is 5.87. The van der Waals surface area contributed by atoms with Crippen LogP contribution in [0, 0.1) is 0 Å². The van der Waals surface area contributed by atoms with Crippen LogP contribution in [0.1, 0.15) is 23.6 Å². The summed E-state index contributed by atoms with van der Waals surface area (Å²) in [5, 5.41) is 3.51. The summed E-state index contributed by atoms with van der Waals surface area (Å²) in [5.74, 6) is 0.906. The Morgan fingerprint density at radius 3 is 2.16 bits per heavy atom. The van der Waals surface area contributed by atoms with Crippen LogP contribution in [0.25, 0.3) is 0 Å². The highest BCUT2D eigenvalue weighted by Gasteiger charge is 2.23. The quantitative estimate of drug-likeness (QED) is 0.906. The summed E-state index contributed by atoms with van der Waals surface area (Å²) >= 11 is 0. The molecule has 0 spiro atoms. The third-order valence-electron chi connectivity index (χ3n) is 4.90. The average Bonchev–Trinajstić information content (AvgIpc) is 2.92. The summed E-state index contributed by atoms with van der Waals surface area (Å²) < 4.78 is 5.33. The molecule has 1 fully saturated rings. The van der Waals surface area contributed by atoms with Gasteiger partial charge < -0.3 is 15.0 Å². The molecular weight excluding hydrogens is 310 g/mol. The van der Waals surface area contributed by atoms with Gasteiger partial charge in [0.05, 0.1) is 13.2 Å². The number of hydrogen-bond donors (Lipinski definition) is 1. The smallest absolute Gasteiger partial charge is 0.118 e. The largest absolute Gasteiger partial charge is 0.497 e. The Balaban J connectivity index is 1.94. The molecule has 2 aromatic rings. The summed E-state index contributed by atoms with van der Waals surface area (Å²) in [6.07, 6.45) is 1.18. The Morgan fingerprint density at radius 2 is 1.56 bits per heavy atom. The van der Waals surface area contributed by atoms with E-state index >= 15 is 0 Å². The van der Waals surface area contributed by atoms with Gasteiger partial charge in [-0.25, -0.2) is 0 Å². The molecule has 25 heavy (non-hydrogen) atoms. The normalized spacial score (nSPS) is 16.9. The van der Waals surface area contributed by atoms with Gasteiger partial charge in [-0.3, -0.25) is 4.90 Å². The van der Waals surface area contributed by atoms with Crippen molar-refractivity contribution in [3.8, 4) is 5.75 Å². The van der Waals surface area contributed by atoms with E-state index in [1.165, 1.54) is 23.2 Å². The molecule has 0 aromatic heterocycles. The Hall–Kier alpha value is -2.04. The van der Waals surface area contributed by atoms with E-state index in [-0.39, 0.29) is 6.04 Å². The average molecular weight is 339 g/mol. The fourth-order valence-electron chi connectivity index (χ4n) is 3.48. The van der Waals surface area contributed by atoms with Gasteiger partial charge in [-0.2, -0.15) is 0 Å². The van der Waals surface area contributed by atoms with Crippen molar-refractivity contribution in [1.82, 2.24) is 10.2 Å². The molecule has 3 rings (SSSR count). The Kier molecular flexibility index (Phi) is 5.95. The van der Waals surface area contributed by atoms with E-state index in [1.54, 1.807) is 7.11 Å². The van der Waals surface area contributed by atoms with Gasteiger partial charge in [0, 0.05) is 39.4 Å². The second kappa shape index (κ2) is 8.37. The predicted octanol–water partition coefficient (Wildman–Crippen LogP) is 3.15. The molecule has 0 radical (unpaired) electrons. The lowest BCUT2D eigenvalue weighted by atomic mass is 9.96. The Bertz CT molecular complexity index is 644. The van der Waals surface area contributed by atoms with Gasteiger partial charge in [0.25, 0.3) is 0 Å². The Labute approximate surface area is 151 Å². The minimum atomic E-state index is 0.280. The van der Waals surface area contributed by atoms with Crippen LogP contribution < -0.4 is 15.0 Å². The van der Waals surface area contributed by atoms with Crippen LogP contribution in [-0.2, 0) is 0 Å². The van der Waals surface area contributed by atoms with Crippen molar-refractivity contribution in [2.24, 2.45) is 0 Å². The van der Waals surface area contributed by atoms with E-state index in [9.17, 15) is 0 Å². The molecule has 0 aliphatic carbocycles. The van der Waals surface area contributed by atoms with Crippen molar-refractivity contribution in [1.29, 1.82) is 0 Å². The van der Waals surface area contributed by atoms with Crippen molar-refractivity contribution in [3.05, 3.63) is 59.7 Å². The highest BCUT2D eigenvalue weighted by atomic mass is 16.5. The first-order valence-electron chi connectivity index (χ1n) is 9.05.